The van der Waals surface area contributed by atoms with Gasteiger partial charge in [-0.3, -0.25) is 19.4 Å². The first-order valence-electron chi connectivity index (χ1n) is 12.7. The molecule has 0 aliphatic rings. The number of aromatic amines is 1. The Kier molecular flexibility index (Phi) is 10.1. The topological polar surface area (TPSA) is 151 Å². The maximum absolute atomic E-state index is 14.4. The van der Waals surface area contributed by atoms with E-state index in [-0.39, 0.29) is 30.1 Å². The molecule has 12 nitrogen and oxygen atoms in total. The number of aromatic nitrogens is 4. The number of ether oxygens (including phenoxy) is 1. The van der Waals surface area contributed by atoms with Gasteiger partial charge in [-0.25, -0.2) is 14.2 Å². The minimum absolute atomic E-state index is 0.00762. The highest BCUT2D eigenvalue weighted by atomic mass is 19.1. The highest BCUT2D eigenvalue weighted by Gasteiger charge is 2.22. The van der Waals surface area contributed by atoms with Gasteiger partial charge in [0.1, 0.15) is 23.1 Å². The van der Waals surface area contributed by atoms with E-state index >= 15 is 0 Å². The molecular formula is C27H34FN7O5. The van der Waals surface area contributed by atoms with E-state index in [0.29, 0.717) is 35.8 Å². The van der Waals surface area contributed by atoms with E-state index < -0.39 is 29.4 Å². The van der Waals surface area contributed by atoms with Gasteiger partial charge < -0.3 is 29.8 Å². The van der Waals surface area contributed by atoms with Crippen molar-refractivity contribution >= 4 is 34.6 Å². The molecule has 0 fully saturated rings. The Morgan fingerprint density at radius 3 is 2.70 bits per heavy atom. The normalized spacial score (nSPS) is 12.1. The Labute approximate surface area is 230 Å². The summed E-state index contributed by atoms with van der Waals surface area (Å²) >= 11 is 0. The smallest absolute Gasteiger partial charge is 0.407 e. The van der Waals surface area contributed by atoms with Gasteiger partial charge >= 0.3 is 6.09 Å². The number of nitrogens with one attached hydrogen (secondary N) is 3. The van der Waals surface area contributed by atoms with Crippen molar-refractivity contribution in [3.05, 3.63) is 64.4 Å². The number of pyridine rings is 2. The molecule has 40 heavy (non-hydrogen) atoms. The first-order chi connectivity index (χ1) is 19.0. The molecule has 3 aromatic heterocycles. The fraction of sp³-hybridized carbons (Fsp3) is 0.407. The zero-order valence-corrected chi connectivity index (χ0v) is 23.2. The largest absolute Gasteiger partial charge is 0.453 e. The van der Waals surface area contributed by atoms with Gasteiger partial charge in [-0.05, 0) is 43.4 Å². The Morgan fingerprint density at radius 2 is 2.02 bits per heavy atom. The Morgan fingerprint density at radius 1 is 1.27 bits per heavy atom. The molecule has 0 aliphatic heterocycles. The molecule has 0 unspecified atom stereocenters. The Hall–Kier alpha value is -4.55. The van der Waals surface area contributed by atoms with E-state index in [2.05, 4.69) is 30.3 Å². The number of fused-ring (bicyclic) bond motifs is 1. The number of likely N-dealkylation sites (N-methyl/N-ethyl adjacent to an activating group) is 1. The summed E-state index contributed by atoms with van der Waals surface area (Å²) in [4.78, 5) is 62.7. The number of nitrogens with zero attached hydrogens (tertiary/aromatic N) is 4. The predicted molar refractivity (Wildman–Crippen MR) is 147 cm³/mol. The first kappa shape index (κ1) is 30.0. The molecule has 1 atom stereocenters. The van der Waals surface area contributed by atoms with Gasteiger partial charge in [0, 0.05) is 20.3 Å². The summed E-state index contributed by atoms with van der Waals surface area (Å²) in [5, 5.41) is 5.00. The van der Waals surface area contributed by atoms with E-state index in [9.17, 15) is 23.6 Å². The fourth-order valence-corrected chi connectivity index (χ4v) is 3.88. The average molecular weight is 556 g/mol. The van der Waals surface area contributed by atoms with Crippen LogP contribution in [0, 0.1) is 11.7 Å². The van der Waals surface area contributed by atoms with Crippen LogP contribution in [0.1, 0.15) is 38.2 Å². The predicted octanol–water partition coefficient (Wildman–Crippen LogP) is 2.59. The Bertz CT molecular complexity index is 1460. The average Bonchev–Trinajstić information content (AvgIpc) is 3.34. The maximum atomic E-state index is 14.4. The van der Waals surface area contributed by atoms with Gasteiger partial charge in [-0.1, -0.05) is 19.9 Å². The van der Waals surface area contributed by atoms with Crippen molar-refractivity contribution in [2.75, 3.05) is 26.5 Å². The number of hydrogen-bond acceptors (Lipinski definition) is 7. The zero-order valence-electron chi connectivity index (χ0n) is 23.2. The molecule has 0 spiro atoms. The molecule has 3 rings (SSSR count). The third-order valence-corrected chi connectivity index (χ3v) is 5.92. The van der Waals surface area contributed by atoms with Crippen molar-refractivity contribution in [3.63, 3.8) is 0 Å². The number of hydrogen-bond donors (Lipinski definition) is 3. The summed E-state index contributed by atoms with van der Waals surface area (Å²) in [6.07, 6.45) is 5.88. The third-order valence-electron chi connectivity index (χ3n) is 5.92. The lowest BCUT2D eigenvalue weighted by molar-refractivity contribution is -0.123. The first-order valence-corrected chi connectivity index (χ1v) is 12.7. The minimum Gasteiger partial charge on any atom is -0.453 e. The molecule has 0 bridgehead atoms. The number of H-pyrrole nitrogens is 1. The Balaban J connectivity index is 1.78. The minimum atomic E-state index is -1.04. The van der Waals surface area contributed by atoms with Gasteiger partial charge in [0.05, 0.1) is 31.1 Å². The molecule has 214 valence electrons. The number of amides is 3. The summed E-state index contributed by atoms with van der Waals surface area (Å²) < 4.78 is 20.3. The number of halogens is 1. The lowest BCUT2D eigenvalue weighted by Crippen LogP contribution is -2.44. The number of carbonyl (C=O) groups is 3. The number of allylic oxidation sites excluding steroid dienone is 1. The highest BCUT2D eigenvalue weighted by molar-refractivity contribution is 5.96. The van der Waals surface area contributed by atoms with E-state index in [4.69, 9.17) is 0 Å². The molecule has 3 heterocycles. The lowest BCUT2D eigenvalue weighted by atomic mass is 10.1. The molecule has 13 heteroatoms. The summed E-state index contributed by atoms with van der Waals surface area (Å²) in [6.45, 7) is 4.05. The van der Waals surface area contributed by atoms with Crippen molar-refractivity contribution in [1.29, 1.82) is 0 Å². The van der Waals surface area contributed by atoms with Crippen LogP contribution in [0.15, 0.2) is 41.5 Å². The second-order valence-corrected chi connectivity index (χ2v) is 9.80. The third kappa shape index (κ3) is 7.74. The second-order valence-electron chi connectivity index (χ2n) is 9.80. The van der Waals surface area contributed by atoms with Crippen LogP contribution in [-0.4, -0.2) is 69.6 Å². The summed E-state index contributed by atoms with van der Waals surface area (Å²) in [5.74, 6) is -0.774. The van der Waals surface area contributed by atoms with Gasteiger partial charge in [0.25, 0.3) is 5.56 Å². The van der Waals surface area contributed by atoms with Crippen molar-refractivity contribution in [2.24, 2.45) is 5.92 Å². The van der Waals surface area contributed by atoms with E-state index in [1.54, 1.807) is 26.2 Å². The van der Waals surface area contributed by atoms with Crippen LogP contribution in [-0.2, 0) is 27.3 Å². The van der Waals surface area contributed by atoms with Crippen molar-refractivity contribution < 1.29 is 23.5 Å². The molecule has 3 N–H and O–H groups in total. The number of carbonyl (C=O) groups excluding carboxylic acids is 3. The molecule has 3 amide bonds. The monoisotopic (exact) mass is 555 g/mol. The number of anilines is 1. The standard InChI is InChI=1S/C27H34FN7O5/c1-16(2)13-20-24-23(17(28)14-29-20)32-21(33-24)15-35-12-8-10-19(26(35)38)30-25(37)18(31-27(39)40-5)9-6-7-11-22(36)34(3)4/h7-8,10-12,14,16,18H,6,9,13,15H2,1-5H3,(H,30,37)(H,31,39)(H,32,33)/b11-7+/t18-/m0/s1. The number of rotatable bonds is 11. The molecule has 0 saturated heterocycles. The molecular weight excluding hydrogens is 521 g/mol. The van der Waals surface area contributed by atoms with Crippen LogP contribution in [0.2, 0.25) is 0 Å². The zero-order chi connectivity index (χ0) is 29.4. The van der Waals surface area contributed by atoms with Crippen LogP contribution >= 0.6 is 0 Å². The van der Waals surface area contributed by atoms with Gasteiger partial charge in [-0.2, -0.15) is 0 Å². The van der Waals surface area contributed by atoms with Crippen molar-refractivity contribution in [2.45, 2.75) is 45.7 Å². The summed E-state index contributed by atoms with van der Waals surface area (Å²) in [5.41, 5.74) is 0.775. The highest BCUT2D eigenvalue weighted by Crippen LogP contribution is 2.20. The van der Waals surface area contributed by atoms with Crippen LogP contribution in [0.25, 0.3) is 11.0 Å². The maximum Gasteiger partial charge on any atom is 0.407 e. The van der Waals surface area contributed by atoms with Gasteiger partial charge in [0.2, 0.25) is 11.8 Å². The molecule has 0 saturated carbocycles. The second kappa shape index (κ2) is 13.5. The van der Waals surface area contributed by atoms with Crippen LogP contribution in [0.4, 0.5) is 14.9 Å². The van der Waals surface area contributed by atoms with E-state index in [0.717, 1.165) is 6.20 Å². The van der Waals surface area contributed by atoms with Crippen LogP contribution < -0.4 is 16.2 Å². The van der Waals surface area contributed by atoms with Crippen LogP contribution in [0.3, 0.4) is 0 Å². The van der Waals surface area contributed by atoms with Crippen molar-refractivity contribution in [1.82, 2.24) is 29.7 Å². The molecule has 0 radical (unpaired) electrons. The molecule has 3 aromatic rings. The van der Waals surface area contributed by atoms with Gasteiger partial charge in [-0.15, -0.1) is 0 Å². The number of methoxy groups -OCH3 is 1. The van der Waals surface area contributed by atoms with Crippen molar-refractivity contribution in [3.8, 4) is 0 Å². The lowest BCUT2D eigenvalue weighted by Gasteiger charge is -2.17. The van der Waals surface area contributed by atoms with Gasteiger partial charge in [0.15, 0.2) is 5.82 Å². The fourth-order valence-electron chi connectivity index (χ4n) is 3.88. The van der Waals surface area contributed by atoms with E-state index in [1.165, 1.54) is 34.9 Å². The number of alkyl carbamates (subject to hydrolysis) is 1. The van der Waals surface area contributed by atoms with E-state index in [1.807, 2.05) is 13.8 Å². The quantitative estimate of drug-likeness (QED) is 0.308. The van der Waals surface area contributed by atoms with Crippen LogP contribution in [0.5, 0.6) is 0 Å². The number of imidazole rings is 1. The summed E-state index contributed by atoms with van der Waals surface area (Å²) in [7, 11) is 4.39. The molecule has 0 aliphatic carbocycles. The SMILES string of the molecule is COC(=O)N[C@@H](CC/C=C/C(=O)N(C)C)C(=O)Nc1cccn(Cc2nc3c(F)cnc(CC(C)C)c3[nH]2)c1=O. The summed E-state index contributed by atoms with van der Waals surface area (Å²) in [6, 6.07) is 1.97. The molecule has 0 aromatic carbocycles.